The normalized spacial score (nSPS) is 17.1. The average molecular weight is 382 g/mol. The van der Waals surface area contributed by atoms with Crippen LogP contribution < -0.4 is 11.1 Å². The summed E-state index contributed by atoms with van der Waals surface area (Å²) >= 11 is 0. The molecule has 1 aromatic carbocycles. The smallest absolute Gasteiger partial charge is 0.245 e. The number of carbonyl (C=O) groups excluding carboxylic acids is 2. The molecule has 2 atom stereocenters. The highest BCUT2D eigenvalue weighted by Crippen LogP contribution is 2.23. The summed E-state index contributed by atoms with van der Waals surface area (Å²) in [5, 5.41) is 2.81. The third-order valence-electron chi connectivity index (χ3n) is 5.27. The molecule has 2 amide bonds. The van der Waals surface area contributed by atoms with Crippen molar-refractivity contribution in [2.24, 2.45) is 17.6 Å². The summed E-state index contributed by atoms with van der Waals surface area (Å²) in [5.74, 6) is 0.490. The van der Waals surface area contributed by atoms with Crippen molar-refractivity contribution in [3.05, 3.63) is 35.9 Å². The Kier molecular flexibility index (Phi) is 9.66. The number of nitrogens with one attached hydrogen (secondary N) is 1. The second-order valence-corrected chi connectivity index (χ2v) is 7.09. The lowest BCUT2D eigenvalue weighted by molar-refractivity contribution is -0.138. The molecule has 1 fully saturated rings. The Labute approximate surface area is 163 Å². The minimum atomic E-state index is -0.466. The molecule has 1 saturated heterocycles. The number of likely N-dealkylation sites (tertiary alicyclic amines) is 1. The third kappa shape index (κ3) is 6.29. The van der Waals surface area contributed by atoms with Gasteiger partial charge in [-0.25, -0.2) is 0 Å². The van der Waals surface area contributed by atoms with Crippen molar-refractivity contribution >= 4 is 24.2 Å². The summed E-state index contributed by atoms with van der Waals surface area (Å²) in [7, 11) is 0. The molecule has 0 saturated carbocycles. The van der Waals surface area contributed by atoms with E-state index in [9.17, 15) is 9.59 Å². The van der Waals surface area contributed by atoms with Crippen LogP contribution in [0.5, 0.6) is 0 Å². The van der Waals surface area contributed by atoms with Crippen molar-refractivity contribution in [3.63, 3.8) is 0 Å². The SMILES string of the molecule is CCC(C)C(NC(=O)CN)C(=O)N1CCC(Cc2ccccc2)CC1.Cl. The van der Waals surface area contributed by atoms with Crippen LogP contribution >= 0.6 is 12.4 Å². The molecule has 1 aromatic rings. The first kappa shape index (κ1) is 22.5. The Morgan fingerprint density at radius 3 is 2.38 bits per heavy atom. The molecule has 146 valence electrons. The summed E-state index contributed by atoms with van der Waals surface area (Å²) in [4.78, 5) is 26.5. The van der Waals surface area contributed by atoms with E-state index < -0.39 is 6.04 Å². The van der Waals surface area contributed by atoms with Crippen LogP contribution in [0, 0.1) is 11.8 Å². The molecule has 3 N–H and O–H groups in total. The van der Waals surface area contributed by atoms with Crippen molar-refractivity contribution in [2.45, 2.75) is 45.6 Å². The van der Waals surface area contributed by atoms with E-state index in [2.05, 4.69) is 29.6 Å². The van der Waals surface area contributed by atoms with Gasteiger partial charge in [0.15, 0.2) is 0 Å². The van der Waals surface area contributed by atoms with E-state index in [1.807, 2.05) is 24.8 Å². The lowest BCUT2D eigenvalue weighted by atomic mass is 9.89. The van der Waals surface area contributed by atoms with Gasteiger partial charge in [-0.3, -0.25) is 9.59 Å². The molecule has 6 heteroatoms. The molecule has 1 heterocycles. The Balaban J connectivity index is 0.00000338. The number of hydrogen-bond acceptors (Lipinski definition) is 3. The molecule has 0 aromatic heterocycles. The second-order valence-electron chi connectivity index (χ2n) is 7.09. The Morgan fingerprint density at radius 1 is 1.23 bits per heavy atom. The maximum absolute atomic E-state index is 12.9. The van der Waals surface area contributed by atoms with Crippen LogP contribution in [0.25, 0.3) is 0 Å². The summed E-state index contributed by atoms with van der Waals surface area (Å²) in [6.07, 6.45) is 3.94. The van der Waals surface area contributed by atoms with E-state index in [1.165, 1.54) is 5.56 Å². The van der Waals surface area contributed by atoms with Crippen LogP contribution in [-0.4, -0.2) is 42.4 Å². The predicted molar refractivity (Wildman–Crippen MR) is 107 cm³/mol. The summed E-state index contributed by atoms with van der Waals surface area (Å²) in [6.45, 7) is 5.48. The lowest BCUT2D eigenvalue weighted by Gasteiger charge is -2.36. The van der Waals surface area contributed by atoms with Crippen molar-refractivity contribution < 1.29 is 9.59 Å². The second kappa shape index (κ2) is 11.2. The van der Waals surface area contributed by atoms with Crippen LogP contribution in [0.1, 0.15) is 38.7 Å². The lowest BCUT2D eigenvalue weighted by Crippen LogP contribution is -2.54. The van der Waals surface area contributed by atoms with Gasteiger partial charge in [-0.05, 0) is 36.7 Å². The monoisotopic (exact) mass is 381 g/mol. The number of nitrogens with zero attached hydrogens (tertiary/aromatic N) is 1. The van der Waals surface area contributed by atoms with Crippen LogP contribution in [0.2, 0.25) is 0 Å². The number of halogens is 1. The molecule has 0 radical (unpaired) electrons. The van der Waals surface area contributed by atoms with Gasteiger partial charge in [-0.2, -0.15) is 0 Å². The Morgan fingerprint density at radius 2 is 1.85 bits per heavy atom. The van der Waals surface area contributed by atoms with Gasteiger partial charge < -0.3 is 16.0 Å². The number of benzene rings is 1. The maximum atomic E-state index is 12.9. The molecule has 2 rings (SSSR count). The van der Waals surface area contributed by atoms with Gasteiger partial charge in [-0.1, -0.05) is 50.6 Å². The van der Waals surface area contributed by atoms with Crippen LogP contribution in [0.4, 0.5) is 0 Å². The molecule has 1 aliphatic rings. The fraction of sp³-hybridized carbons (Fsp3) is 0.600. The molecule has 1 aliphatic heterocycles. The largest absolute Gasteiger partial charge is 0.343 e. The highest BCUT2D eigenvalue weighted by Gasteiger charge is 2.31. The van der Waals surface area contributed by atoms with Gasteiger partial charge in [0.2, 0.25) is 11.8 Å². The maximum Gasteiger partial charge on any atom is 0.245 e. The minimum Gasteiger partial charge on any atom is -0.343 e. The summed E-state index contributed by atoms with van der Waals surface area (Å²) < 4.78 is 0. The molecule has 2 unspecified atom stereocenters. The first-order valence-corrected chi connectivity index (χ1v) is 9.37. The number of nitrogens with two attached hydrogens (primary N) is 1. The van der Waals surface area contributed by atoms with Gasteiger partial charge in [0, 0.05) is 13.1 Å². The molecule has 0 bridgehead atoms. The van der Waals surface area contributed by atoms with Crippen LogP contribution in [0.15, 0.2) is 30.3 Å². The van der Waals surface area contributed by atoms with Crippen molar-refractivity contribution in [1.82, 2.24) is 10.2 Å². The van der Waals surface area contributed by atoms with Gasteiger partial charge in [-0.15, -0.1) is 12.4 Å². The van der Waals surface area contributed by atoms with Crippen molar-refractivity contribution in [3.8, 4) is 0 Å². The van der Waals surface area contributed by atoms with Crippen molar-refractivity contribution in [1.29, 1.82) is 0 Å². The first-order valence-electron chi connectivity index (χ1n) is 9.37. The standard InChI is InChI=1S/C20H31N3O2.ClH/c1-3-15(2)19(22-18(24)14-21)20(25)23-11-9-17(10-12-23)13-16-7-5-4-6-8-16;/h4-8,15,17,19H,3,9-14,21H2,1-2H3,(H,22,24);1H. The number of carbonyl (C=O) groups is 2. The Hall–Kier alpha value is -1.59. The minimum absolute atomic E-state index is 0. The first-order chi connectivity index (χ1) is 12.0. The van der Waals surface area contributed by atoms with E-state index in [-0.39, 0.29) is 36.7 Å². The zero-order valence-corrected chi connectivity index (χ0v) is 16.6. The number of piperidine rings is 1. The van der Waals surface area contributed by atoms with Crippen LogP contribution in [-0.2, 0) is 16.0 Å². The quantitative estimate of drug-likeness (QED) is 0.761. The number of hydrogen-bond donors (Lipinski definition) is 2. The number of rotatable bonds is 7. The Bertz CT molecular complexity index is 559. The molecule has 26 heavy (non-hydrogen) atoms. The molecule has 0 spiro atoms. The molecule has 0 aliphatic carbocycles. The average Bonchev–Trinajstić information content (AvgIpc) is 2.66. The van der Waals surface area contributed by atoms with Crippen LogP contribution in [0.3, 0.4) is 0 Å². The van der Waals surface area contributed by atoms with E-state index in [0.717, 1.165) is 38.8 Å². The zero-order chi connectivity index (χ0) is 18.2. The zero-order valence-electron chi connectivity index (χ0n) is 15.8. The van der Waals surface area contributed by atoms with Gasteiger partial charge >= 0.3 is 0 Å². The summed E-state index contributed by atoms with van der Waals surface area (Å²) in [5.41, 5.74) is 6.76. The van der Waals surface area contributed by atoms with E-state index in [4.69, 9.17) is 5.73 Å². The van der Waals surface area contributed by atoms with E-state index >= 15 is 0 Å². The fourth-order valence-electron chi connectivity index (χ4n) is 3.42. The molecular formula is C20H32ClN3O2. The molecule has 5 nitrogen and oxygen atoms in total. The van der Waals surface area contributed by atoms with E-state index in [0.29, 0.717) is 5.92 Å². The van der Waals surface area contributed by atoms with Gasteiger partial charge in [0.1, 0.15) is 6.04 Å². The van der Waals surface area contributed by atoms with Crippen molar-refractivity contribution in [2.75, 3.05) is 19.6 Å². The highest BCUT2D eigenvalue weighted by atomic mass is 35.5. The van der Waals surface area contributed by atoms with E-state index in [1.54, 1.807) is 0 Å². The third-order valence-corrected chi connectivity index (χ3v) is 5.27. The van der Waals surface area contributed by atoms with Gasteiger partial charge in [0.05, 0.1) is 6.54 Å². The molecular weight excluding hydrogens is 350 g/mol. The summed E-state index contributed by atoms with van der Waals surface area (Å²) in [6, 6.07) is 10.1. The topological polar surface area (TPSA) is 75.4 Å². The predicted octanol–water partition coefficient (Wildman–Crippen LogP) is 2.38. The fourth-order valence-corrected chi connectivity index (χ4v) is 3.42. The highest BCUT2D eigenvalue weighted by molar-refractivity contribution is 5.88. The number of amides is 2. The van der Waals surface area contributed by atoms with Gasteiger partial charge in [0.25, 0.3) is 0 Å².